The minimum Gasteiger partial charge on any atom is -0.462 e. The summed E-state index contributed by atoms with van der Waals surface area (Å²) < 4.78 is 5.49. The van der Waals surface area contributed by atoms with Gasteiger partial charge in [0.2, 0.25) is 0 Å². The third kappa shape index (κ3) is 3.52. The molecule has 0 aliphatic carbocycles. The average Bonchev–Trinajstić information content (AvgIpc) is 2.79. The summed E-state index contributed by atoms with van der Waals surface area (Å²) in [5, 5.41) is 0. The van der Waals surface area contributed by atoms with Gasteiger partial charge in [-0.15, -0.1) is 0 Å². The Balaban J connectivity index is 1.42. The number of esters is 1. The smallest absolute Gasteiger partial charge is 0.311 e. The van der Waals surface area contributed by atoms with Crippen LogP contribution in [0.25, 0.3) is 0 Å². The lowest BCUT2D eigenvalue weighted by atomic mass is 9.88. The molecule has 120 valence electrons. The van der Waals surface area contributed by atoms with Gasteiger partial charge in [0.1, 0.15) is 6.10 Å². The lowest BCUT2D eigenvalue weighted by Crippen LogP contribution is -2.35. The number of rotatable bonds is 4. The Kier molecular flexibility index (Phi) is 4.53. The van der Waals surface area contributed by atoms with Gasteiger partial charge < -0.3 is 9.64 Å². The molecule has 0 radical (unpaired) electrons. The highest BCUT2D eigenvalue weighted by atomic mass is 16.6. The van der Waals surface area contributed by atoms with E-state index in [9.17, 15) is 4.79 Å². The second-order valence-corrected chi connectivity index (χ2v) is 7.43. The van der Waals surface area contributed by atoms with Crippen molar-refractivity contribution in [1.82, 2.24) is 4.90 Å². The molecule has 1 atom stereocenters. The second kappa shape index (κ2) is 6.41. The van der Waals surface area contributed by atoms with Crippen LogP contribution in [0.1, 0.15) is 51.0 Å². The molecular weight excluding hydrogens is 274 g/mol. The van der Waals surface area contributed by atoms with Gasteiger partial charge in [-0.05, 0) is 64.1 Å². The molecule has 0 bridgehead atoms. The van der Waals surface area contributed by atoms with Crippen molar-refractivity contribution in [2.45, 2.75) is 51.6 Å². The van der Waals surface area contributed by atoms with Crippen molar-refractivity contribution in [3.8, 4) is 0 Å². The van der Waals surface area contributed by atoms with Crippen LogP contribution in [0.15, 0.2) is 30.3 Å². The van der Waals surface area contributed by atoms with Crippen molar-refractivity contribution < 1.29 is 9.53 Å². The number of carbonyl (C=O) groups is 1. The Morgan fingerprint density at radius 2 is 1.86 bits per heavy atom. The van der Waals surface area contributed by atoms with E-state index in [2.05, 4.69) is 35.2 Å². The predicted octanol–water partition coefficient (Wildman–Crippen LogP) is 3.60. The van der Waals surface area contributed by atoms with Crippen molar-refractivity contribution in [2.75, 3.05) is 19.6 Å². The Hall–Kier alpha value is -1.35. The molecule has 2 saturated heterocycles. The van der Waals surface area contributed by atoms with Gasteiger partial charge in [0.15, 0.2) is 0 Å². The standard InChI is InChI=1S/C19H27NO2/c1-19(2)14-17(22-18(19)21)10-13-20-11-8-16(9-12-20)15-6-4-3-5-7-15/h3-7,16-17H,8-14H2,1-2H3/t17-/m1/s1. The van der Waals surface area contributed by atoms with Gasteiger partial charge in [0.25, 0.3) is 0 Å². The predicted molar refractivity (Wildman–Crippen MR) is 87.8 cm³/mol. The fourth-order valence-electron chi connectivity index (χ4n) is 3.71. The maximum atomic E-state index is 11.7. The summed E-state index contributed by atoms with van der Waals surface area (Å²) in [7, 11) is 0. The zero-order chi connectivity index (χ0) is 15.6. The van der Waals surface area contributed by atoms with E-state index in [-0.39, 0.29) is 17.5 Å². The Morgan fingerprint density at radius 3 is 2.45 bits per heavy atom. The molecule has 0 aromatic heterocycles. The zero-order valence-corrected chi connectivity index (χ0v) is 13.8. The van der Waals surface area contributed by atoms with Crippen LogP contribution in [-0.2, 0) is 9.53 Å². The zero-order valence-electron chi connectivity index (χ0n) is 13.8. The first-order valence-corrected chi connectivity index (χ1v) is 8.53. The molecule has 0 spiro atoms. The van der Waals surface area contributed by atoms with Gasteiger partial charge >= 0.3 is 5.97 Å². The molecule has 3 rings (SSSR count). The average molecular weight is 301 g/mol. The molecule has 1 aromatic carbocycles. The molecule has 0 amide bonds. The van der Waals surface area contributed by atoms with Gasteiger partial charge in [-0.2, -0.15) is 0 Å². The molecule has 2 aliphatic heterocycles. The lowest BCUT2D eigenvalue weighted by molar-refractivity contribution is -0.147. The number of likely N-dealkylation sites (tertiary alicyclic amines) is 1. The topological polar surface area (TPSA) is 29.5 Å². The molecule has 1 aromatic rings. The van der Waals surface area contributed by atoms with Crippen LogP contribution in [0, 0.1) is 5.41 Å². The molecule has 0 saturated carbocycles. The highest BCUT2D eigenvalue weighted by Gasteiger charge is 2.41. The monoisotopic (exact) mass is 301 g/mol. The summed E-state index contributed by atoms with van der Waals surface area (Å²) in [5.74, 6) is 0.681. The van der Waals surface area contributed by atoms with Gasteiger partial charge in [-0.3, -0.25) is 4.79 Å². The number of nitrogens with zero attached hydrogens (tertiary/aromatic N) is 1. The fraction of sp³-hybridized carbons (Fsp3) is 0.632. The number of cyclic esters (lactones) is 1. The van der Waals surface area contributed by atoms with Crippen molar-refractivity contribution in [2.24, 2.45) is 5.41 Å². The molecule has 0 unspecified atom stereocenters. The van der Waals surface area contributed by atoms with Crippen molar-refractivity contribution in [3.05, 3.63) is 35.9 Å². The maximum absolute atomic E-state index is 11.7. The van der Waals surface area contributed by atoms with E-state index in [1.54, 1.807) is 0 Å². The van der Waals surface area contributed by atoms with Gasteiger partial charge in [-0.1, -0.05) is 30.3 Å². The van der Waals surface area contributed by atoms with E-state index in [4.69, 9.17) is 4.74 Å². The molecule has 2 heterocycles. The fourth-order valence-corrected chi connectivity index (χ4v) is 3.71. The third-order valence-electron chi connectivity index (χ3n) is 5.19. The lowest BCUT2D eigenvalue weighted by Gasteiger charge is -2.32. The SMILES string of the molecule is CC1(C)C[C@@H](CCN2CCC(c3ccccc3)CC2)OC1=O. The molecule has 2 fully saturated rings. The van der Waals surface area contributed by atoms with Gasteiger partial charge in [0, 0.05) is 6.54 Å². The minimum absolute atomic E-state index is 0.0275. The minimum atomic E-state index is -0.287. The van der Waals surface area contributed by atoms with Gasteiger partial charge in [-0.25, -0.2) is 0 Å². The molecule has 3 nitrogen and oxygen atoms in total. The van der Waals surface area contributed by atoms with E-state index >= 15 is 0 Å². The number of hydrogen-bond donors (Lipinski definition) is 0. The first-order chi connectivity index (χ1) is 10.5. The first-order valence-electron chi connectivity index (χ1n) is 8.53. The number of carbonyl (C=O) groups excluding carboxylic acids is 1. The molecular formula is C19H27NO2. The second-order valence-electron chi connectivity index (χ2n) is 7.43. The molecule has 22 heavy (non-hydrogen) atoms. The third-order valence-corrected chi connectivity index (χ3v) is 5.19. The van der Waals surface area contributed by atoms with E-state index in [1.807, 2.05) is 13.8 Å². The van der Waals surface area contributed by atoms with E-state index < -0.39 is 0 Å². The summed E-state index contributed by atoms with van der Waals surface area (Å²) in [6.45, 7) is 7.34. The number of ether oxygens (including phenoxy) is 1. The molecule has 0 N–H and O–H groups in total. The summed E-state index contributed by atoms with van der Waals surface area (Å²) >= 11 is 0. The van der Waals surface area contributed by atoms with Crippen LogP contribution in [-0.4, -0.2) is 36.6 Å². The van der Waals surface area contributed by atoms with E-state index in [0.29, 0.717) is 5.92 Å². The van der Waals surface area contributed by atoms with E-state index in [0.717, 1.165) is 32.5 Å². The molecule has 2 aliphatic rings. The largest absolute Gasteiger partial charge is 0.462 e. The van der Waals surface area contributed by atoms with Crippen LogP contribution in [0.2, 0.25) is 0 Å². The number of piperidine rings is 1. The number of benzene rings is 1. The van der Waals surface area contributed by atoms with Gasteiger partial charge in [0.05, 0.1) is 5.41 Å². The Morgan fingerprint density at radius 1 is 1.18 bits per heavy atom. The van der Waals surface area contributed by atoms with E-state index in [1.165, 1.54) is 18.4 Å². The van der Waals surface area contributed by atoms with Crippen LogP contribution in [0.5, 0.6) is 0 Å². The van der Waals surface area contributed by atoms with Crippen molar-refractivity contribution in [1.29, 1.82) is 0 Å². The highest BCUT2D eigenvalue weighted by Crippen LogP contribution is 2.34. The molecule has 3 heteroatoms. The highest BCUT2D eigenvalue weighted by molar-refractivity contribution is 5.78. The summed E-state index contributed by atoms with van der Waals surface area (Å²) in [5.41, 5.74) is 1.19. The van der Waals surface area contributed by atoms with Crippen molar-refractivity contribution >= 4 is 5.97 Å². The van der Waals surface area contributed by atoms with Crippen LogP contribution in [0.3, 0.4) is 0 Å². The Bertz CT molecular complexity index is 503. The first kappa shape index (κ1) is 15.5. The van der Waals surface area contributed by atoms with Crippen LogP contribution in [0.4, 0.5) is 0 Å². The van der Waals surface area contributed by atoms with Crippen LogP contribution >= 0.6 is 0 Å². The normalized spacial score (nSPS) is 26.1. The maximum Gasteiger partial charge on any atom is 0.311 e. The Labute approximate surface area is 133 Å². The summed E-state index contributed by atoms with van der Waals surface area (Å²) in [6, 6.07) is 10.9. The summed E-state index contributed by atoms with van der Waals surface area (Å²) in [6.07, 6.45) is 4.44. The quantitative estimate of drug-likeness (QED) is 0.796. The number of hydrogen-bond acceptors (Lipinski definition) is 3. The summed E-state index contributed by atoms with van der Waals surface area (Å²) in [4.78, 5) is 14.2. The van der Waals surface area contributed by atoms with Crippen molar-refractivity contribution in [3.63, 3.8) is 0 Å². The van der Waals surface area contributed by atoms with Crippen LogP contribution < -0.4 is 0 Å².